The second-order valence-electron chi connectivity index (χ2n) is 15.6. The van der Waals surface area contributed by atoms with Gasteiger partial charge in [0.15, 0.2) is 0 Å². The lowest BCUT2D eigenvalue weighted by molar-refractivity contribution is 0.669. The molecule has 1 aromatic heterocycles. The van der Waals surface area contributed by atoms with E-state index in [9.17, 15) is 0 Å². The molecular formula is C58H37NO. The Kier molecular flexibility index (Phi) is 7.89. The van der Waals surface area contributed by atoms with E-state index in [4.69, 9.17) is 4.42 Å². The van der Waals surface area contributed by atoms with Crippen molar-refractivity contribution >= 4 is 82.1 Å². The highest BCUT2D eigenvalue weighted by Gasteiger charge is 2.20. The highest BCUT2D eigenvalue weighted by molar-refractivity contribution is 6.15. The number of anilines is 3. The number of furan rings is 1. The maximum Gasteiger partial charge on any atom is 0.136 e. The number of nitrogens with zero attached hydrogens (tertiary/aromatic N) is 1. The fourth-order valence-corrected chi connectivity index (χ4v) is 9.40. The number of hydrogen-bond acceptors (Lipinski definition) is 2. The van der Waals surface area contributed by atoms with Crippen LogP contribution in [0.2, 0.25) is 0 Å². The topological polar surface area (TPSA) is 16.4 Å². The largest absolute Gasteiger partial charge is 0.456 e. The van der Waals surface area contributed by atoms with Crippen molar-refractivity contribution < 1.29 is 4.42 Å². The molecule has 0 bridgehead atoms. The fraction of sp³-hybridized carbons (Fsp3) is 0. The van der Waals surface area contributed by atoms with E-state index >= 15 is 0 Å². The number of hydrogen-bond donors (Lipinski definition) is 0. The van der Waals surface area contributed by atoms with Crippen molar-refractivity contribution in [2.45, 2.75) is 0 Å². The van der Waals surface area contributed by atoms with E-state index < -0.39 is 0 Å². The van der Waals surface area contributed by atoms with Gasteiger partial charge < -0.3 is 9.32 Å². The van der Waals surface area contributed by atoms with Crippen LogP contribution in [0.15, 0.2) is 229 Å². The summed E-state index contributed by atoms with van der Waals surface area (Å²) in [4.78, 5) is 2.42. The first-order chi connectivity index (χ1) is 29.7. The maximum absolute atomic E-state index is 6.28. The Balaban J connectivity index is 1.02. The van der Waals surface area contributed by atoms with Gasteiger partial charge in [0.2, 0.25) is 0 Å². The molecule has 0 N–H and O–H groups in total. The second-order valence-corrected chi connectivity index (χ2v) is 15.6. The summed E-state index contributed by atoms with van der Waals surface area (Å²) in [7, 11) is 0. The van der Waals surface area contributed by atoms with Crippen molar-refractivity contribution in [2.24, 2.45) is 0 Å². The molecule has 11 aromatic carbocycles. The van der Waals surface area contributed by atoms with Crippen LogP contribution >= 0.6 is 0 Å². The molecular weight excluding hydrogens is 727 g/mol. The molecule has 2 heteroatoms. The van der Waals surface area contributed by atoms with E-state index in [0.29, 0.717) is 0 Å². The Morgan fingerprint density at radius 3 is 1.60 bits per heavy atom. The highest BCUT2D eigenvalue weighted by Crippen LogP contribution is 2.45. The van der Waals surface area contributed by atoms with E-state index in [2.05, 4.69) is 217 Å². The van der Waals surface area contributed by atoms with Gasteiger partial charge in [0, 0.05) is 27.5 Å². The number of rotatable bonds is 6. The molecule has 0 atom stereocenters. The van der Waals surface area contributed by atoms with Crippen LogP contribution in [-0.4, -0.2) is 0 Å². The van der Waals surface area contributed by atoms with Crippen LogP contribution in [0.25, 0.3) is 98.4 Å². The normalized spacial score (nSPS) is 11.7. The Morgan fingerprint density at radius 1 is 0.283 bits per heavy atom. The lowest BCUT2D eigenvalue weighted by atomic mass is 9.88. The minimum absolute atomic E-state index is 0.900. The van der Waals surface area contributed by atoms with Gasteiger partial charge in [-0.2, -0.15) is 0 Å². The Labute approximate surface area is 347 Å². The first kappa shape index (κ1) is 34.1. The van der Waals surface area contributed by atoms with E-state index in [1.54, 1.807) is 0 Å². The zero-order valence-corrected chi connectivity index (χ0v) is 32.7. The molecule has 1 heterocycles. The number of benzene rings is 11. The smallest absolute Gasteiger partial charge is 0.136 e. The summed E-state index contributed by atoms with van der Waals surface area (Å²) in [6, 6.07) is 81.4. The van der Waals surface area contributed by atoms with Crippen LogP contribution in [0.5, 0.6) is 0 Å². The zero-order valence-electron chi connectivity index (χ0n) is 32.7. The molecule has 0 amide bonds. The van der Waals surface area contributed by atoms with E-state index in [1.807, 2.05) is 12.1 Å². The first-order valence-corrected chi connectivity index (χ1v) is 20.6. The predicted molar refractivity (Wildman–Crippen MR) is 255 cm³/mol. The van der Waals surface area contributed by atoms with Crippen LogP contribution < -0.4 is 4.90 Å². The van der Waals surface area contributed by atoms with E-state index in [1.165, 1.54) is 65.3 Å². The third-order valence-electron chi connectivity index (χ3n) is 12.2. The van der Waals surface area contributed by atoms with Gasteiger partial charge in [0.25, 0.3) is 0 Å². The van der Waals surface area contributed by atoms with Crippen LogP contribution in [-0.2, 0) is 0 Å². The van der Waals surface area contributed by atoms with Crippen LogP contribution in [0.4, 0.5) is 17.1 Å². The van der Waals surface area contributed by atoms with Gasteiger partial charge in [0.1, 0.15) is 11.2 Å². The minimum atomic E-state index is 0.900. The first-order valence-electron chi connectivity index (χ1n) is 20.6. The average molecular weight is 764 g/mol. The van der Waals surface area contributed by atoms with Crippen molar-refractivity contribution in [1.82, 2.24) is 0 Å². The maximum atomic E-state index is 6.28. The molecule has 60 heavy (non-hydrogen) atoms. The van der Waals surface area contributed by atoms with Gasteiger partial charge in [-0.05, 0) is 120 Å². The molecule has 0 aliphatic carbocycles. The molecule has 0 spiro atoms. The van der Waals surface area contributed by atoms with E-state index in [0.717, 1.165) is 50.1 Å². The summed E-state index contributed by atoms with van der Waals surface area (Å²) < 4.78 is 6.28. The molecule has 0 aliphatic heterocycles. The lowest BCUT2D eigenvalue weighted by Crippen LogP contribution is -2.10. The predicted octanol–water partition coefficient (Wildman–Crippen LogP) is 16.7. The van der Waals surface area contributed by atoms with E-state index in [-0.39, 0.29) is 0 Å². The van der Waals surface area contributed by atoms with Gasteiger partial charge >= 0.3 is 0 Å². The second kappa shape index (κ2) is 13.9. The van der Waals surface area contributed by atoms with Crippen molar-refractivity contribution in [3.63, 3.8) is 0 Å². The summed E-state index contributed by atoms with van der Waals surface area (Å²) >= 11 is 0. The summed E-state index contributed by atoms with van der Waals surface area (Å²) in [5.74, 6) is 0. The van der Waals surface area contributed by atoms with Gasteiger partial charge in [0.05, 0.1) is 5.69 Å². The number of para-hydroxylation sites is 1. The third kappa shape index (κ3) is 5.57. The quantitative estimate of drug-likeness (QED) is 0.157. The van der Waals surface area contributed by atoms with Crippen molar-refractivity contribution in [3.8, 4) is 33.4 Å². The lowest BCUT2D eigenvalue weighted by Gasteiger charge is -2.28. The van der Waals surface area contributed by atoms with Crippen LogP contribution in [0.3, 0.4) is 0 Å². The summed E-state index contributed by atoms with van der Waals surface area (Å²) in [6.07, 6.45) is 0. The summed E-state index contributed by atoms with van der Waals surface area (Å²) in [5.41, 5.74) is 12.3. The van der Waals surface area contributed by atoms with Gasteiger partial charge in [-0.25, -0.2) is 0 Å². The Morgan fingerprint density at radius 2 is 0.833 bits per heavy atom. The molecule has 0 aliphatic rings. The van der Waals surface area contributed by atoms with Gasteiger partial charge in [-0.1, -0.05) is 176 Å². The van der Waals surface area contributed by atoms with Gasteiger partial charge in [-0.15, -0.1) is 0 Å². The highest BCUT2D eigenvalue weighted by atomic mass is 16.3. The third-order valence-corrected chi connectivity index (χ3v) is 12.2. The van der Waals surface area contributed by atoms with Crippen LogP contribution in [0.1, 0.15) is 0 Å². The monoisotopic (exact) mass is 763 g/mol. The van der Waals surface area contributed by atoms with Gasteiger partial charge in [-0.3, -0.25) is 0 Å². The number of fused-ring (bicyclic) bond motifs is 8. The molecule has 0 fully saturated rings. The van der Waals surface area contributed by atoms with Crippen LogP contribution in [0, 0.1) is 0 Å². The Bertz CT molecular complexity index is 3590. The standard InChI is InChI=1S/C58H37NO/c1-4-16-46-39(12-1)15-11-22-50(46)54-35-28-40-13-2-6-18-48(40)58(54)41-26-32-45(33-27-41)59(55-36-43-14-3-5-17-47(43)49-19-7-8-20-51(49)55)44-30-24-38(25-31-44)42-29-34-53-52-21-9-10-23-56(52)60-57(53)37-42/h1-37H. The zero-order chi connectivity index (χ0) is 39.6. The van der Waals surface area contributed by atoms with Crippen molar-refractivity contribution in [2.75, 3.05) is 4.90 Å². The molecule has 0 saturated carbocycles. The summed E-state index contributed by atoms with van der Waals surface area (Å²) in [6.45, 7) is 0. The molecule has 0 unspecified atom stereocenters. The average Bonchev–Trinajstić information content (AvgIpc) is 3.70. The SMILES string of the molecule is c1ccc2c(-c3ccc4ccccc4c3-c3ccc(N(c4ccc(-c5ccc6c(c5)oc5ccccc56)cc4)c4cc5ccccc5c5ccccc45)cc3)cccc2c1. The summed E-state index contributed by atoms with van der Waals surface area (Å²) in [5, 5.41) is 12.1. The molecule has 0 saturated heterocycles. The van der Waals surface area contributed by atoms with Crippen molar-refractivity contribution in [3.05, 3.63) is 224 Å². The molecule has 0 radical (unpaired) electrons. The Hall–Kier alpha value is -7.94. The molecule has 2 nitrogen and oxygen atoms in total. The van der Waals surface area contributed by atoms with Crippen molar-refractivity contribution in [1.29, 1.82) is 0 Å². The fourth-order valence-electron chi connectivity index (χ4n) is 9.40. The minimum Gasteiger partial charge on any atom is -0.456 e. The molecule has 280 valence electrons. The molecule has 12 aromatic rings. The molecule has 12 rings (SSSR count).